The summed E-state index contributed by atoms with van der Waals surface area (Å²) >= 11 is 1.28. The summed E-state index contributed by atoms with van der Waals surface area (Å²) in [7, 11) is 1.79. The molecular formula is C17H16F3N3OS. The summed E-state index contributed by atoms with van der Waals surface area (Å²) in [6.07, 6.45) is -4.12. The van der Waals surface area contributed by atoms with E-state index in [4.69, 9.17) is 5.26 Å². The Morgan fingerprint density at radius 1 is 1.28 bits per heavy atom. The number of nitrogens with one attached hydrogen (secondary N) is 1. The van der Waals surface area contributed by atoms with E-state index in [2.05, 4.69) is 5.32 Å². The maximum absolute atomic E-state index is 12.5. The lowest BCUT2D eigenvalue weighted by Crippen LogP contribution is -2.24. The van der Waals surface area contributed by atoms with Crippen LogP contribution in [-0.2, 0) is 17.5 Å². The van der Waals surface area contributed by atoms with Gasteiger partial charge in [0, 0.05) is 19.5 Å². The van der Waals surface area contributed by atoms with E-state index < -0.39 is 11.7 Å². The molecule has 132 valence electrons. The second-order valence-electron chi connectivity index (χ2n) is 5.51. The molecule has 0 radical (unpaired) electrons. The van der Waals surface area contributed by atoms with E-state index in [1.807, 2.05) is 11.0 Å². The molecule has 25 heavy (non-hydrogen) atoms. The van der Waals surface area contributed by atoms with Crippen molar-refractivity contribution < 1.29 is 18.0 Å². The highest BCUT2D eigenvalue weighted by molar-refractivity contribution is 7.14. The van der Waals surface area contributed by atoms with Gasteiger partial charge in [0.15, 0.2) is 0 Å². The van der Waals surface area contributed by atoms with Crippen LogP contribution >= 0.6 is 11.3 Å². The average molecular weight is 367 g/mol. The van der Waals surface area contributed by atoms with Crippen molar-refractivity contribution in [3.8, 4) is 6.07 Å². The number of rotatable bonds is 6. The van der Waals surface area contributed by atoms with Gasteiger partial charge in [-0.1, -0.05) is 12.1 Å². The molecule has 0 aliphatic rings. The zero-order valence-electron chi connectivity index (χ0n) is 13.4. The maximum atomic E-state index is 12.5. The van der Waals surface area contributed by atoms with Crippen molar-refractivity contribution in [1.29, 1.82) is 5.26 Å². The minimum absolute atomic E-state index is 0.210. The van der Waals surface area contributed by atoms with Gasteiger partial charge < -0.3 is 10.2 Å². The fourth-order valence-electron chi connectivity index (χ4n) is 2.17. The standard InChI is InChI=1S/C17H16F3N3OS/c1-23(11-12-2-4-14(5-3-12)17(18,19)20)8-6-15(24)22-16-13(10-21)7-9-25-16/h2-5,7,9H,6,8,11H2,1H3,(H,22,24). The van der Waals surface area contributed by atoms with Gasteiger partial charge in [-0.2, -0.15) is 18.4 Å². The van der Waals surface area contributed by atoms with Crippen molar-refractivity contribution in [2.24, 2.45) is 0 Å². The lowest BCUT2D eigenvalue weighted by molar-refractivity contribution is -0.137. The van der Waals surface area contributed by atoms with Gasteiger partial charge in [-0.15, -0.1) is 11.3 Å². The largest absolute Gasteiger partial charge is 0.416 e. The summed E-state index contributed by atoms with van der Waals surface area (Å²) in [5, 5.41) is 13.8. The highest BCUT2D eigenvalue weighted by Gasteiger charge is 2.29. The van der Waals surface area contributed by atoms with Gasteiger partial charge in [-0.25, -0.2) is 0 Å². The number of thiophene rings is 1. The number of alkyl halides is 3. The van der Waals surface area contributed by atoms with Crippen molar-refractivity contribution >= 4 is 22.2 Å². The number of hydrogen-bond donors (Lipinski definition) is 1. The van der Waals surface area contributed by atoms with Gasteiger partial charge in [-0.3, -0.25) is 4.79 Å². The minimum Gasteiger partial charge on any atom is -0.317 e. The third-order valence-electron chi connectivity index (χ3n) is 3.49. The first-order valence-corrected chi connectivity index (χ1v) is 8.29. The van der Waals surface area contributed by atoms with Crippen LogP contribution in [0.3, 0.4) is 0 Å². The Labute approximate surface area is 147 Å². The van der Waals surface area contributed by atoms with Crippen molar-refractivity contribution in [3.63, 3.8) is 0 Å². The maximum Gasteiger partial charge on any atom is 0.416 e. The van der Waals surface area contributed by atoms with Crippen LogP contribution in [-0.4, -0.2) is 24.4 Å². The molecule has 0 bridgehead atoms. The first kappa shape index (κ1) is 19.0. The molecule has 1 heterocycles. The van der Waals surface area contributed by atoms with Crippen LogP contribution in [0, 0.1) is 11.3 Å². The number of nitriles is 1. The second kappa shape index (κ2) is 8.14. The molecule has 0 aliphatic heterocycles. The molecule has 1 aromatic heterocycles. The predicted octanol–water partition coefficient (Wildman–Crippen LogP) is 4.10. The number of amides is 1. The van der Waals surface area contributed by atoms with Crippen molar-refractivity contribution in [1.82, 2.24) is 4.90 Å². The Morgan fingerprint density at radius 3 is 2.56 bits per heavy atom. The van der Waals surface area contributed by atoms with Crippen LogP contribution in [0.2, 0.25) is 0 Å². The summed E-state index contributed by atoms with van der Waals surface area (Å²) in [6.45, 7) is 0.883. The fourth-order valence-corrected chi connectivity index (χ4v) is 2.92. The van der Waals surface area contributed by atoms with Gasteiger partial charge in [0.05, 0.1) is 11.1 Å². The number of carbonyl (C=O) groups excluding carboxylic acids is 1. The van der Waals surface area contributed by atoms with E-state index in [0.717, 1.165) is 17.7 Å². The number of benzene rings is 1. The molecule has 2 aromatic rings. The van der Waals surface area contributed by atoms with Crippen molar-refractivity contribution in [3.05, 3.63) is 52.4 Å². The van der Waals surface area contributed by atoms with Crippen LogP contribution in [0.15, 0.2) is 35.7 Å². The molecule has 0 unspecified atom stereocenters. The van der Waals surface area contributed by atoms with E-state index in [0.29, 0.717) is 23.7 Å². The van der Waals surface area contributed by atoms with E-state index >= 15 is 0 Å². The van der Waals surface area contributed by atoms with E-state index in [-0.39, 0.29) is 12.3 Å². The van der Waals surface area contributed by atoms with E-state index in [1.54, 1.807) is 18.5 Å². The molecule has 0 saturated heterocycles. The zero-order valence-corrected chi connectivity index (χ0v) is 14.2. The SMILES string of the molecule is CN(CCC(=O)Nc1sccc1C#N)Cc1ccc(C(F)(F)F)cc1. The highest BCUT2D eigenvalue weighted by Crippen LogP contribution is 2.29. The van der Waals surface area contributed by atoms with Crippen LogP contribution < -0.4 is 5.32 Å². The van der Waals surface area contributed by atoms with E-state index in [9.17, 15) is 18.0 Å². The van der Waals surface area contributed by atoms with E-state index in [1.165, 1.54) is 23.5 Å². The van der Waals surface area contributed by atoms with Gasteiger partial charge in [0.2, 0.25) is 5.91 Å². The fraction of sp³-hybridized carbons (Fsp3) is 0.294. The molecule has 0 fully saturated rings. The lowest BCUT2D eigenvalue weighted by atomic mass is 10.1. The highest BCUT2D eigenvalue weighted by atomic mass is 32.1. The summed E-state index contributed by atoms with van der Waals surface area (Å²) in [5.41, 5.74) is 0.486. The molecule has 4 nitrogen and oxygen atoms in total. The molecule has 1 N–H and O–H groups in total. The zero-order chi connectivity index (χ0) is 18.4. The summed E-state index contributed by atoms with van der Waals surface area (Å²) in [4.78, 5) is 13.8. The third kappa shape index (κ3) is 5.59. The number of nitrogens with zero attached hydrogens (tertiary/aromatic N) is 2. The number of carbonyl (C=O) groups is 1. The second-order valence-corrected chi connectivity index (χ2v) is 6.42. The van der Waals surface area contributed by atoms with Crippen molar-refractivity contribution in [2.75, 3.05) is 18.9 Å². The number of hydrogen-bond acceptors (Lipinski definition) is 4. The molecular weight excluding hydrogens is 351 g/mol. The quantitative estimate of drug-likeness (QED) is 0.836. The van der Waals surface area contributed by atoms with Crippen LogP contribution in [0.1, 0.15) is 23.1 Å². The normalized spacial score (nSPS) is 11.4. The third-order valence-corrected chi connectivity index (χ3v) is 4.32. The molecule has 0 spiro atoms. The Balaban J connectivity index is 1.81. The molecule has 0 aliphatic carbocycles. The van der Waals surface area contributed by atoms with Crippen LogP contribution in [0.4, 0.5) is 18.2 Å². The Kier molecular flexibility index (Phi) is 6.17. The summed E-state index contributed by atoms with van der Waals surface area (Å²) < 4.78 is 37.6. The average Bonchev–Trinajstić information content (AvgIpc) is 2.99. The van der Waals surface area contributed by atoms with Gasteiger partial charge in [0.25, 0.3) is 0 Å². The summed E-state index contributed by atoms with van der Waals surface area (Å²) in [5.74, 6) is -0.210. The smallest absolute Gasteiger partial charge is 0.317 e. The molecule has 1 aromatic carbocycles. The molecule has 0 saturated carbocycles. The summed E-state index contributed by atoms with van der Waals surface area (Å²) in [6, 6.07) is 8.61. The van der Waals surface area contributed by atoms with Gasteiger partial charge in [0.1, 0.15) is 11.1 Å². The molecule has 1 amide bonds. The van der Waals surface area contributed by atoms with Crippen LogP contribution in [0.5, 0.6) is 0 Å². The Hall–Kier alpha value is -2.37. The lowest BCUT2D eigenvalue weighted by Gasteiger charge is -2.17. The molecule has 8 heteroatoms. The first-order valence-electron chi connectivity index (χ1n) is 7.41. The Morgan fingerprint density at radius 2 is 1.96 bits per heavy atom. The van der Waals surface area contributed by atoms with Crippen molar-refractivity contribution in [2.45, 2.75) is 19.1 Å². The minimum atomic E-state index is -4.34. The van der Waals surface area contributed by atoms with Crippen LogP contribution in [0.25, 0.3) is 0 Å². The monoisotopic (exact) mass is 367 g/mol. The first-order chi connectivity index (χ1) is 11.8. The number of halogens is 3. The molecule has 2 rings (SSSR count). The van der Waals surface area contributed by atoms with Gasteiger partial charge in [-0.05, 0) is 36.2 Å². The van der Waals surface area contributed by atoms with Gasteiger partial charge >= 0.3 is 6.18 Å². The molecule has 0 atom stereocenters. The predicted molar refractivity (Wildman–Crippen MR) is 90.1 cm³/mol. The number of anilines is 1. The topological polar surface area (TPSA) is 56.1 Å². The Bertz CT molecular complexity index is 763.